The molecule has 220 valence electrons. The number of para-hydroxylation sites is 2. The standard InChI is InChI=1S/C45H30N2/c1-4-15-31(16-5-1)34-27-28-39-40(30-34)43(32-17-6-2-7-18-32)37-23-10-11-24-38(37)44(39)35-21-14-22-36(29-35)47-42-26-13-12-25-41(42)46-45(47)33-19-8-3-9-20-33/h1-30H/i2D,3D,6D,7D,8D,9D,17D,18D,19D,20D. The van der Waals surface area contributed by atoms with Crippen LogP contribution in [0.25, 0.3) is 83.0 Å². The highest BCUT2D eigenvalue weighted by Crippen LogP contribution is 2.45. The molecule has 0 bridgehead atoms. The fourth-order valence-corrected chi connectivity index (χ4v) is 6.56. The van der Waals surface area contributed by atoms with Crippen LogP contribution in [0.1, 0.15) is 13.7 Å². The van der Waals surface area contributed by atoms with E-state index in [4.69, 9.17) is 18.7 Å². The number of aromatic nitrogens is 2. The second kappa shape index (κ2) is 11.3. The lowest BCUT2D eigenvalue weighted by Crippen LogP contribution is -1.98. The van der Waals surface area contributed by atoms with Gasteiger partial charge in [-0.2, -0.15) is 0 Å². The van der Waals surface area contributed by atoms with Crippen molar-refractivity contribution in [2.75, 3.05) is 0 Å². The van der Waals surface area contributed by atoms with Gasteiger partial charge in [-0.25, -0.2) is 4.98 Å². The summed E-state index contributed by atoms with van der Waals surface area (Å²) < 4.78 is 88.0. The van der Waals surface area contributed by atoms with Gasteiger partial charge in [-0.05, 0) is 85.3 Å². The van der Waals surface area contributed by atoms with E-state index in [9.17, 15) is 0 Å². The van der Waals surface area contributed by atoms with Gasteiger partial charge in [0.25, 0.3) is 0 Å². The number of hydrogen-bond donors (Lipinski definition) is 0. The molecule has 0 aliphatic rings. The number of rotatable bonds is 5. The Labute approximate surface area is 287 Å². The largest absolute Gasteiger partial charge is 0.292 e. The van der Waals surface area contributed by atoms with Gasteiger partial charge in [-0.1, -0.05) is 151 Å². The molecule has 0 radical (unpaired) electrons. The summed E-state index contributed by atoms with van der Waals surface area (Å²) in [6.07, 6.45) is 0. The molecule has 2 nitrogen and oxygen atoms in total. The van der Waals surface area contributed by atoms with Gasteiger partial charge in [0, 0.05) is 11.3 Å². The monoisotopic (exact) mass is 608 g/mol. The summed E-state index contributed by atoms with van der Waals surface area (Å²) in [4.78, 5) is 4.83. The first kappa shape index (κ1) is 18.7. The van der Waals surface area contributed by atoms with E-state index in [0.29, 0.717) is 33.1 Å². The van der Waals surface area contributed by atoms with Crippen LogP contribution in [0.15, 0.2) is 182 Å². The van der Waals surface area contributed by atoms with E-state index in [1.54, 1.807) is 0 Å². The molecule has 47 heavy (non-hydrogen) atoms. The van der Waals surface area contributed by atoms with E-state index in [-0.39, 0.29) is 41.1 Å². The Morgan fingerprint density at radius 3 is 1.81 bits per heavy atom. The van der Waals surface area contributed by atoms with Crippen molar-refractivity contribution in [2.45, 2.75) is 0 Å². The minimum absolute atomic E-state index is 0.0186. The average molecular weight is 609 g/mol. The maximum atomic E-state index is 9.05. The highest BCUT2D eigenvalue weighted by atomic mass is 15.1. The predicted octanol–water partition coefficient (Wildman–Crippen LogP) is 12.0. The van der Waals surface area contributed by atoms with E-state index in [1.807, 2.05) is 126 Å². The SMILES string of the molecule is [2H]c1c([2H])c([2H])c(-c2c3ccccc3c(-c3cccc(-n4c(-c5c([2H])c([2H])c([2H])c([2H])c5[2H])nc5ccccc54)c3)c3ccc(-c4ccccc4)cc23)c([2H])c1[2H]. The molecule has 0 aliphatic carbocycles. The Balaban J connectivity index is 1.38. The van der Waals surface area contributed by atoms with Gasteiger partial charge in [-0.3, -0.25) is 4.57 Å². The van der Waals surface area contributed by atoms with E-state index in [1.165, 1.54) is 0 Å². The van der Waals surface area contributed by atoms with Crippen LogP contribution in [-0.4, -0.2) is 9.55 Å². The molecule has 1 aromatic heterocycles. The highest BCUT2D eigenvalue weighted by Gasteiger charge is 2.19. The van der Waals surface area contributed by atoms with Crippen molar-refractivity contribution in [2.24, 2.45) is 0 Å². The minimum atomic E-state index is -0.486. The van der Waals surface area contributed by atoms with Crippen molar-refractivity contribution in [1.82, 2.24) is 9.55 Å². The van der Waals surface area contributed by atoms with E-state index >= 15 is 0 Å². The highest BCUT2D eigenvalue weighted by molar-refractivity contribution is 6.22. The third-order valence-corrected chi connectivity index (χ3v) is 8.56. The molecule has 0 unspecified atom stereocenters. The lowest BCUT2D eigenvalue weighted by molar-refractivity contribution is 1.10. The van der Waals surface area contributed by atoms with Crippen molar-refractivity contribution in [1.29, 1.82) is 0 Å². The van der Waals surface area contributed by atoms with Crippen LogP contribution in [0, 0.1) is 0 Å². The average Bonchev–Trinajstić information content (AvgIpc) is 3.62. The van der Waals surface area contributed by atoms with Gasteiger partial charge in [-0.15, -0.1) is 0 Å². The zero-order valence-electron chi connectivity index (χ0n) is 34.9. The third kappa shape index (κ3) is 4.62. The molecule has 1 heterocycles. The van der Waals surface area contributed by atoms with Crippen LogP contribution in [0.3, 0.4) is 0 Å². The Hall–Kier alpha value is -6.25. The van der Waals surface area contributed by atoms with Gasteiger partial charge in [0.1, 0.15) is 5.82 Å². The van der Waals surface area contributed by atoms with Crippen LogP contribution in [-0.2, 0) is 0 Å². The van der Waals surface area contributed by atoms with Crippen molar-refractivity contribution in [3.8, 4) is 50.5 Å². The topological polar surface area (TPSA) is 17.8 Å². The van der Waals surface area contributed by atoms with E-state index in [0.717, 1.165) is 33.0 Å². The molecule has 0 aliphatic heterocycles. The number of benzene rings is 8. The lowest BCUT2D eigenvalue weighted by atomic mass is 9.85. The second-order valence-corrected chi connectivity index (χ2v) is 11.2. The summed E-state index contributed by atoms with van der Waals surface area (Å²) in [5.74, 6) is 0.198. The van der Waals surface area contributed by atoms with Crippen LogP contribution >= 0.6 is 0 Å². The van der Waals surface area contributed by atoms with E-state index < -0.39 is 36.3 Å². The number of hydrogen-bond acceptors (Lipinski definition) is 1. The summed E-state index contributed by atoms with van der Waals surface area (Å²) in [7, 11) is 0. The Kier molecular flexibility index (Phi) is 4.48. The molecule has 8 aromatic carbocycles. The minimum Gasteiger partial charge on any atom is -0.292 e. The number of fused-ring (bicyclic) bond motifs is 3. The maximum Gasteiger partial charge on any atom is 0.145 e. The quantitative estimate of drug-likeness (QED) is 0.178. The first-order chi connectivity index (χ1) is 27.5. The summed E-state index contributed by atoms with van der Waals surface area (Å²) in [6, 6.07) is 34.7. The zero-order valence-corrected chi connectivity index (χ0v) is 24.9. The van der Waals surface area contributed by atoms with Gasteiger partial charge < -0.3 is 0 Å². The summed E-state index contributed by atoms with van der Waals surface area (Å²) in [5, 5.41) is 2.97. The molecule has 0 atom stereocenters. The maximum absolute atomic E-state index is 9.05. The number of imidazole rings is 1. The third-order valence-electron chi connectivity index (χ3n) is 8.56. The Morgan fingerprint density at radius 2 is 1.04 bits per heavy atom. The lowest BCUT2D eigenvalue weighted by Gasteiger charge is -2.19. The fraction of sp³-hybridized carbons (Fsp3) is 0. The van der Waals surface area contributed by atoms with Gasteiger partial charge in [0.15, 0.2) is 0 Å². The molecular weight excluding hydrogens is 569 g/mol. The molecule has 0 N–H and O–H groups in total. The first-order valence-electron chi connectivity index (χ1n) is 20.2. The van der Waals surface area contributed by atoms with Gasteiger partial charge in [0.2, 0.25) is 0 Å². The van der Waals surface area contributed by atoms with Crippen LogP contribution in [0.4, 0.5) is 0 Å². The van der Waals surface area contributed by atoms with Crippen molar-refractivity contribution >= 4 is 32.6 Å². The summed E-state index contributed by atoms with van der Waals surface area (Å²) >= 11 is 0. The van der Waals surface area contributed by atoms with Gasteiger partial charge >= 0.3 is 0 Å². The molecule has 0 amide bonds. The molecule has 0 spiro atoms. The molecule has 9 rings (SSSR count). The second-order valence-electron chi connectivity index (χ2n) is 11.2. The normalized spacial score (nSPS) is 14.4. The van der Waals surface area contributed by atoms with Crippen molar-refractivity contribution in [3.63, 3.8) is 0 Å². The van der Waals surface area contributed by atoms with Crippen molar-refractivity contribution in [3.05, 3.63) is 182 Å². The molecule has 2 heteroatoms. The van der Waals surface area contributed by atoms with E-state index in [2.05, 4.69) is 0 Å². The molecule has 0 saturated heterocycles. The summed E-state index contributed by atoms with van der Waals surface area (Å²) in [5.41, 5.74) is 5.99. The van der Waals surface area contributed by atoms with Crippen molar-refractivity contribution < 1.29 is 13.7 Å². The molecule has 0 fully saturated rings. The predicted molar refractivity (Wildman–Crippen MR) is 198 cm³/mol. The van der Waals surface area contributed by atoms with Crippen LogP contribution in [0.2, 0.25) is 0 Å². The first-order valence-corrected chi connectivity index (χ1v) is 15.2. The smallest absolute Gasteiger partial charge is 0.145 e. The Morgan fingerprint density at radius 1 is 0.426 bits per heavy atom. The molecule has 0 saturated carbocycles. The summed E-state index contributed by atoms with van der Waals surface area (Å²) in [6.45, 7) is 0. The van der Waals surface area contributed by atoms with Crippen LogP contribution in [0.5, 0.6) is 0 Å². The molecule has 9 aromatic rings. The van der Waals surface area contributed by atoms with Crippen LogP contribution < -0.4 is 0 Å². The number of nitrogens with zero attached hydrogens (tertiary/aromatic N) is 2. The Bertz CT molecular complexity index is 3080. The fourth-order valence-electron chi connectivity index (χ4n) is 6.56. The van der Waals surface area contributed by atoms with Gasteiger partial charge in [0.05, 0.1) is 24.7 Å². The molecular formula is C45H30N2. The zero-order chi connectivity index (χ0) is 39.9.